The van der Waals surface area contributed by atoms with Crippen LogP contribution in [0.5, 0.6) is 0 Å². The standard InChI is InChI=1S/C17H26N2O.ClH/c1-14-11-19(12-15-7-9-18-10-8-15)13-17(20-14)16-5-3-2-4-6-16;/h2-6,14-15,17-18H,7-13H2,1H3;1H. The number of halogens is 1. The van der Waals surface area contributed by atoms with Crippen molar-refractivity contribution in [2.45, 2.75) is 32.0 Å². The predicted molar refractivity (Wildman–Crippen MR) is 89.0 cm³/mol. The Morgan fingerprint density at radius 1 is 1.14 bits per heavy atom. The zero-order valence-electron chi connectivity index (χ0n) is 12.8. The highest BCUT2D eigenvalue weighted by molar-refractivity contribution is 5.85. The van der Waals surface area contributed by atoms with Crippen molar-refractivity contribution >= 4 is 12.4 Å². The lowest BCUT2D eigenvalue weighted by Crippen LogP contribution is -2.46. The summed E-state index contributed by atoms with van der Waals surface area (Å²) in [5, 5.41) is 3.45. The number of hydrogen-bond donors (Lipinski definition) is 1. The Kier molecular flexibility index (Phi) is 6.49. The number of nitrogens with zero attached hydrogens (tertiary/aromatic N) is 1. The van der Waals surface area contributed by atoms with E-state index in [4.69, 9.17) is 4.74 Å². The van der Waals surface area contributed by atoms with E-state index in [0.717, 1.165) is 19.0 Å². The molecule has 1 aromatic carbocycles. The minimum absolute atomic E-state index is 0. The maximum absolute atomic E-state index is 6.14. The van der Waals surface area contributed by atoms with Crippen molar-refractivity contribution < 1.29 is 4.74 Å². The molecule has 2 aliphatic rings. The van der Waals surface area contributed by atoms with Crippen LogP contribution in [0.15, 0.2) is 30.3 Å². The van der Waals surface area contributed by atoms with Crippen molar-refractivity contribution in [1.82, 2.24) is 10.2 Å². The molecule has 2 saturated heterocycles. The van der Waals surface area contributed by atoms with Gasteiger partial charge in [0.2, 0.25) is 0 Å². The number of nitrogens with one attached hydrogen (secondary N) is 1. The molecule has 0 spiro atoms. The Bertz CT molecular complexity index is 409. The number of ether oxygens (including phenoxy) is 1. The van der Waals surface area contributed by atoms with Gasteiger partial charge in [-0.3, -0.25) is 4.90 Å². The van der Waals surface area contributed by atoms with Crippen LogP contribution < -0.4 is 5.32 Å². The van der Waals surface area contributed by atoms with E-state index in [1.54, 1.807) is 0 Å². The maximum atomic E-state index is 6.14. The highest BCUT2D eigenvalue weighted by atomic mass is 35.5. The molecular formula is C17H27ClN2O. The first-order valence-electron chi connectivity index (χ1n) is 7.95. The summed E-state index contributed by atoms with van der Waals surface area (Å²) in [5.74, 6) is 0.859. The molecule has 0 amide bonds. The summed E-state index contributed by atoms with van der Waals surface area (Å²) in [5.41, 5.74) is 1.31. The van der Waals surface area contributed by atoms with Gasteiger partial charge in [-0.2, -0.15) is 0 Å². The van der Waals surface area contributed by atoms with E-state index < -0.39 is 0 Å². The molecule has 0 bridgehead atoms. The molecule has 21 heavy (non-hydrogen) atoms. The zero-order valence-corrected chi connectivity index (χ0v) is 13.6. The van der Waals surface area contributed by atoms with Gasteiger partial charge in [-0.15, -0.1) is 12.4 Å². The van der Waals surface area contributed by atoms with Crippen molar-refractivity contribution in [3.63, 3.8) is 0 Å². The van der Waals surface area contributed by atoms with Crippen LogP contribution in [0.1, 0.15) is 31.4 Å². The Hall–Kier alpha value is -0.610. The number of rotatable bonds is 3. The lowest BCUT2D eigenvalue weighted by atomic mass is 9.96. The van der Waals surface area contributed by atoms with Crippen molar-refractivity contribution in [3.8, 4) is 0 Å². The highest BCUT2D eigenvalue weighted by Gasteiger charge is 2.28. The first kappa shape index (κ1) is 16.8. The Morgan fingerprint density at radius 3 is 2.57 bits per heavy atom. The Labute approximate surface area is 134 Å². The summed E-state index contributed by atoms with van der Waals surface area (Å²) in [4.78, 5) is 2.61. The number of benzene rings is 1. The molecule has 0 saturated carbocycles. The summed E-state index contributed by atoms with van der Waals surface area (Å²) >= 11 is 0. The Morgan fingerprint density at radius 2 is 1.86 bits per heavy atom. The van der Waals surface area contributed by atoms with Gasteiger partial charge in [0.05, 0.1) is 12.2 Å². The molecule has 2 atom stereocenters. The maximum Gasteiger partial charge on any atom is 0.0956 e. The molecule has 3 rings (SSSR count). The molecule has 2 fully saturated rings. The van der Waals surface area contributed by atoms with Crippen molar-refractivity contribution in [1.29, 1.82) is 0 Å². The Balaban J connectivity index is 0.00000161. The zero-order chi connectivity index (χ0) is 13.8. The van der Waals surface area contributed by atoms with Gasteiger partial charge in [0.1, 0.15) is 0 Å². The largest absolute Gasteiger partial charge is 0.368 e. The molecule has 0 aliphatic carbocycles. The molecule has 3 nitrogen and oxygen atoms in total. The van der Waals surface area contributed by atoms with Crippen LogP contribution in [0.3, 0.4) is 0 Å². The van der Waals surface area contributed by atoms with Crippen molar-refractivity contribution in [2.75, 3.05) is 32.7 Å². The number of piperidine rings is 1. The van der Waals surface area contributed by atoms with Crippen LogP contribution in [0, 0.1) is 5.92 Å². The lowest BCUT2D eigenvalue weighted by molar-refractivity contribution is -0.0829. The third-order valence-electron chi connectivity index (χ3n) is 4.48. The van der Waals surface area contributed by atoms with Crippen LogP contribution in [0.25, 0.3) is 0 Å². The van der Waals surface area contributed by atoms with Gasteiger partial charge in [-0.1, -0.05) is 30.3 Å². The normalized spacial score (nSPS) is 28.0. The van der Waals surface area contributed by atoms with Gasteiger partial charge >= 0.3 is 0 Å². The topological polar surface area (TPSA) is 24.5 Å². The third kappa shape index (κ3) is 4.68. The summed E-state index contributed by atoms with van der Waals surface area (Å²) in [7, 11) is 0. The van der Waals surface area contributed by atoms with E-state index >= 15 is 0 Å². The summed E-state index contributed by atoms with van der Waals surface area (Å²) in [6.45, 7) is 7.92. The fraction of sp³-hybridized carbons (Fsp3) is 0.647. The molecule has 0 aromatic heterocycles. The molecule has 2 unspecified atom stereocenters. The van der Waals surface area contributed by atoms with E-state index in [2.05, 4.69) is 47.5 Å². The van der Waals surface area contributed by atoms with Crippen molar-refractivity contribution in [3.05, 3.63) is 35.9 Å². The number of hydrogen-bond acceptors (Lipinski definition) is 3. The van der Waals surface area contributed by atoms with Crippen LogP contribution in [0.2, 0.25) is 0 Å². The molecule has 118 valence electrons. The highest BCUT2D eigenvalue weighted by Crippen LogP contribution is 2.26. The number of morpholine rings is 1. The second kappa shape index (κ2) is 8.14. The van der Waals surface area contributed by atoms with Crippen LogP contribution in [-0.2, 0) is 4.74 Å². The first-order chi connectivity index (χ1) is 9.81. The lowest BCUT2D eigenvalue weighted by Gasteiger charge is -2.39. The monoisotopic (exact) mass is 310 g/mol. The quantitative estimate of drug-likeness (QED) is 0.929. The fourth-order valence-corrected chi connectivity index (χ4v) is 3.47. The van der Waals surface area contributed by atoms with E-state index in [9.17, 15) is 0 Å². The van der Waals surface area contributed by atoms with Crippen LogP contribution >= 0.6 is 12.4 Å². The molecule has 2 aliphatic heterocycles. The summed E-state index contributed by atoms with van der Waals surface area (Å²) in [6.07, 6.45) is 3.21. The second-order valence-electron chi connectivity index (χ2n) is 6.26. The van der Waals surface area contributed by atoms with E-state index in [1.165, 1.54) is 38.0 Å². The van der Waals surface area contributed by atoms with Gasteiger partial charge in [0.25, 0.3) is 0 Å². The van der Waals surface area contributed by atoms with Gasteiger partial charge < -0.3 is 10.1 Å². The van der Waals surface area contributed by atoms with Gasteiger partial charge in [-0.05, 0) is 44.3 Å². The van der Waals surface area contributed by atoms with Gasteiger partial charge in [0.15, 0.2) is 0 Å². The first-order valence-corrected chi connectivity index (χ1v) is 7.95. The van der Waals surface area contributed by atoms with Crippen LogP contribution in [-0.4, -0.2) is 43.7 Å². The average Bonchev–Trinajstić information content (AvgIpc) is 2.49. The van der Waals surface area contributed by atoms with E-state index in [0.29, 0.717) is 6.10 Å². The minimum atomic E-state index is 0. The minimum Gasteiger partial charge on any atom is -0.368 e. The van der Waals surface area contributed by atoms with Gasteiger partial charge in [0, 0.05) is 19.6 Å². The second-order valence-corrected chi connectivity index (χ2v) is 6.26. The smallest absolute Gasteiger partial charge is 0.0956 e. The summed E-state index contributed by atoms with van der Waals surface area (Å²) < 4.78 is 6.14. The van der Waals surface area contributed by atoms with Crippen molar-refractivity contribution in [2.24, 2.45) is 5.92 Å². The molecule has 2 heterocycles. The average molecular weight is 311 g/mol. The molecule has 4 heteroatoms. The third-order valence-corrected chi connectivity index (χ3v) is 4.48. The van der Waals surface area contributed by atoms with E-state index in [1.807, 2.05) is 0 Å². The molecule has 1 aromatic rings. The molecular weight excluding hydrogens is 284 g/mol. The predicted octanol–water partition coefficient (Wildman–Crippen LogP) is 2.87. The van der Waals surface area contributed by atoms with Gasteiger partial charge in [-0.25, -0.2) is 0 Å². The van der Waals surface area contributed by atoms with Crippen LogP contribution in [0.4, 0.5) is 0 Å². The SMILES string of the molecule is CC1CN(CC2CCNCC2)CC(c2ccccc2)O1.Cl. The molecule has 1 N–H and O–H groups in total. The summed E-state index contributed by atoms with van der Waals surface area (Å²) in [6, 6.07) is 10.7. The molecule has 0 radical (unpaired) electrons. The van der Waals surface area contributed by atoms with E-state index in [-0.39, 0.29) is 18.5 Å². The fourth-order valence-electron chi connectivity index (χ4n) is 3.47.